The molecular formula is C33H59O16P. The Morgan fingerprint density at radius 2 is 1.18 bits per heavy atom. The molecule has 1 rings (SSSR count). The number of aliphatic hydroxyl groups excluding tert-OH is 6. The van der Waals surface area contributed by atoms with Crippen molar-refractivity contribution >= 4 is 25.7 Å². The summed E-state index contributed by atoms with van der Waals surface area (Å²) in [6.45, 7) is 0.782. The zero-order valence-corrected chi connectivity index (χ0v) is 29.9. The predicted octanol–water partition coefficient (Wildman–Crippen LogP) is 2.41. The molecule has 0 aromatic heterocycles. The zero-order chi connectivity index (χ0) is 37.5. The summed E-state index contributed by atoms with van der Waals surface area (Å²) in [4.78, 5) is 45.6. The lowest BCUT2D eigenvalue weighted by molar-refractivity contribution is -0.220. The van der Waals surface area contributed by atoms with E-state index in [0.717, 1.165) is 37.8 Å². The number of carbonyl (C=O) groups excluding carboxylic acids is 2. The van der Waals surface area contributed by atoms with E-state index in [9.17, 15) is 54.5 Å². The number of carboxylic acids is 1. The summed E-state index contributed by atoms with van der Waals surface area (Å²) in [5, 5.41) is 68.0. The normalized spacial score (nSPS) is 24.8. The van der Waals surface area contributed by atoms with Gasteiger partial charge in [0.15, 0.2) is 6.10 Å². The molecule has 16 nitrogen and oxygen atoms in total. The Labute approximate surface area is 294 Å². The molecule has 0 heterocycles. The van der Waals surface area contributed by atoms with E-state index in [4.69, 9.17) is 23.6 Å². The Balaban J connectivity index is 2.58. The molecular weight excluding hydrogens is 683 g/mol. The van der Waals surface area contributed by atoms with Crippen LogP contribution in [0.4, 0.5) is 0 Å². The van der Waals surface area contributed by atoms with Crippen molar-refractivity contribution in [2.45, 2.75) is 165 Å². The topological polar surface area (TPSA) is 267 Å². The minimum atomic E-state index is -5.19. The van der Waals surface area contributed by atoms with Crippen molar-refractivity contribution in [1.29, 1.82) is 0 Å². The van der Waals surface area contributed by atoms with Gasteiger partial charge in [0.25, 0.3) is 0 Å². The molecule has 8 N–H and O–H groups in total. The van der Waals surface area contributed by atoms with Gasteiger partial charge < -0.3 is 50.1 Å². The Bertz CT molecular complexity index is 1030. The summed E-state index contributed by atoms with van der Waals surface area (Å²) < 4.78 is 32.7. The molecule has 0 saturated heterocycles. The maximum absolute atomic E-state index is 12.6. The van der Waals surface area contributed by atoms with Crippen molar-refractivity contribution in [3.8, 4) is 0 Å². The van der Waals surface area contributed by atoms with Crippen LogP contribution in [0.15, 0.2) is 12.2 Å². The number of aliphatic carboxylic acids is 1. The van der Waals surface area contributed by atoms with Gasteiger partial charge in [0, 0.05) is 18.9 Å². The van der Waals surface area contributed by atoms with Gasteiger partial charge in [-0.1, -0.05) is 84.0 Å². The summed E-state index contributed by atoms with van der Waals surface area (Å²) in [6, 6.07) is 0. The van der Waals surface area contributed by atoms with E-state index >= 15 is 0 Å². The van der Waals surface area contributed by atoms with Crippen molar-refractivity contribution in [3.05, 3.63) is 12.2 Å². The van der Waals surface area contributed by atoms with Gasteiger partial charge in [0.1, 0.15) is 43.2 Å². The average Bonchev–Trinajstić information content (AvgIpc) is 3.07. The number of carbonyl (C=O) groups is 3. The van der Waals surface area contributed by atoms with Gasteiger partial charge in [0.2, 0.25) is 0 Å². The largest absolute Gasteiger partial charge is 0.478 e. The quantitative estimate of drug-likeness (QED) is 0.0248. The SMILES string of the molecule is CCCCCCCCCCCCCCCC(=O)OC[C@H](COP(=O)(O)OC1C(O)C(O)C(O)[C@@H](O)C1O)OC(=O)CCCC(O)/C=C/C(=O)O. The van der Waals surface area contributed by atoms with E-state index in [1.165, 1.54) is 51.4 Å². The van der Waals surface area contributed by atoms with Gasteiger partial charge >= 0.3 is 25.7 Å². The third-order valence-corrected chi connectivity index (χ3v) is 9.29. The van der Waals surface area contributed by atoms with E-state index in [2.05, 4.69) is 6.92 Å². The molecule has 9 atom stereocenters. The first-order chi connectivity index (χ1) is 23.7. The van der Waals surface area contributed by atoms with Crippen LogP contribution < -0.4 is 0 Å². The molecule has 50 heavy (non-hydrogen) atoms. The van der Waals surface area contributed by atoms with Crippen molar-refractivity contribution in [1.82, 2.24) is 0 Å². The molecule has 7 unspecified atom stereocenters. The van der Waals surface area contributed by atoms with Gasteiger partial charge in [-0.3, -0.25) is 18.6 Å². The second-order valence-corrected chi connectivity index (χ2v) is 14.1. The van der Waals surface area contributed by atoms with Crippen LogP contribution in [-0.2, 0) is 37.5 Å². The van der Waals surface area contributed by atoms with Crippen molar-refractivity contribution in [2.24, 2.45) is 0 Å². The van der Waals surface area contributed by atoms with Gasteiger partial charge in [-0.15, -0.1) is 0 Å². The van der Waals surface area contributed by atoms with Gasteiger partial charge in [-0.2, -0.15) is 0 Å². The number of carboxylic acid groups (broad SMARTS) is 1. The maximum Gasteiger partial charge on any atom is 0.472 e. The Hall–Kier alpha value is -1.98. The third kappa shape index (κ3) is 20.2. The number of phosphoric ester groups is 1. The molecule has 1 aliphatic carbocycles. The monoisotopic (exact) mass is 742 g/mol. The molecule has 0 spiro atoms. The number of unbranched alkanes of at least 4 members (excludes halogenated alkanes) is 12. The van der Waals surface area contributed by atoms with Crippen LogP contribution in [0.2, 0.25) is 0 Å². The van der Waals surface area contributed by atoms with Gasteiger partial charge in [0.05, 0.1) is 12.7 Å². The fourth-order valence-electron chi connectivity index (χ4n) is 5.33. The fourth-order valence-corrected chi connectivity index (χ4v) is 6.31. The number of hydrogen-bond acceptors (Lipinski definition) is 14. The summed E-state index contributed by atoms with van der Waals surface area (Å²) >= 11 is 0. The predicted molar refractivity (Wildman–Crippen MR) is 178 cm³/mol. The molecule has 0 aromatic rings. The summed E-state index contributed by atoms with van der Waals surface area (Å²) in [7, 11) is -5.19. The number of ether oxygens (including phenoxy) is 2. The molecule has 1 aliphatic rings. The number of esters is 2. The molecule has 0 aliphatic heterocycles. The van der Waals surface area contributed by atoms with E-state index in [0.29, 0.717) is 6.42 Å². The lowest BCUT2D eigenvalue weighted by atomic mass is 9.85. The first-order valence-electron chi connectivity index (χ1n) is 17.7. The van der Waals surface area contributed by atoms with Crippen LogP contribution in [0.25, 0.3) is 0 Å². The Kier molecular flexibility index (Phi) is 23.8. The molecule has 0 bridgehead atoms. The molecule has 0 amide bonds. The molecule has 0 aromatic carbocycles. The van der Waals surface area contributed by atoms with Crippen LogP contribution in [0.3, 0.4) is 0 Å². The highest BCUT2D eigenvalue weighted by atomic mass is 31.2. The van der Waals surface area contributed by atoms with Gasteiger partial charge in [-0.05, 0) is 25.3 Å². The summed E-state index contributed by atoms with van der Waals surface area (Å²) in [6.07, 6.45) is 1.66. The maximum atomic E-state index is 12.6. The van der Waals surface area contributed by atoms with Crippen molar-refractivity contribution in [3.63, 3.8) is 0 Å². The van der Waals surface area contributed by atoms with E-state index in [1.54, 1.807) is 0 Å². The van der Waals surface area contributed by atoms with Crippen LogP contribution in [-0.4, -0.2) is 121 Å². The first kappa shape index (κ1) is 46.0. The van der Waals surface area contributed by atoms with Crippen LogP contribution in [0, 0.1) is 0 Å². The fraction of sp³-hybridized carbons (Fsp3) is 0.848. The van der Waals surface area contributed by atoms with E-state index in [1.807, 2.05) is 0 Å². The van der Waals surface area contributed by atoms with Crippen LogP contribution >= 0.6 is 7.82 Å². The van der Waals surface area contributed by atoms with Crippen molar-refractivity contribution in [2.75, 3.05) is 13.2 Å². The zero-order valence-electron chi connectivity index (χ0n) is 29.0. The molecule has 292 valence electrons. The molecule has 0 radical (unpaired) electrons. The lowest BCUT2D eigenvalue weighted by Crippen LogP contribution is -2.64. The standard InChI is InChI=1S/C33H59O16P/c1-2-3-4-5-6-7-8-9-10-11-12-13-14-17-26(37)46-21-24(48-27(38)18-15-16-23(34)19-20-25(35)36)22-47-50(44,45)49-33-31(42)29(40)28(39)30(41)32(33)43/h19-20,23-24,28-34,39-43H,2-18,21-22H2,1H3,(H,35,36)(H,44,45)/b20-19+/t23?,24-,28?,29-,30?,31?,32?,33?/m1/s1. The number of aliphatic hydroxyl groups is 6. The Morgan fingerprint density at radius 3 is 1.70 bits per heavy atom. The second kappa shape index (κ2) is 25.9. The lowest BCUT2D eigenvalue weighted by Gasteiger charge is -2.41. The highest BCUT2D eigenvalue weighted by Crippen LogP contribution is 2.47. The number of hydrogen-bond donors (Lipinski definition) is 8. The number of phosphoric acid groups is 1. The molecule has 1 saturated carbocycles. The van der Waals surface area contributed by atoms with E-state index in [-0.39, 0.29) is 25.7 Å². The highest BCUT2D eigenvalue weighted by Gasteiger charge is 2.51. The van der Waals surface area contributed by atoms with Crippen LogP contribution in [0.5, 0.6) is 0 Å². The van der Waals surface area contributed by atoms with Crippen molar-refractivity contribution < 1.29 is 78.1 Å². The average molecular weight is 743 g/mol. The second-order valence-electron chi connectivity index (χ2n) is 12.7. The van der Waals surface area contributed by atoms with Gasteiger partial charge in [-0.25, -0.2) is 9.36 Å². The highest BCUT2D eigenvalue weighted by molar-refractivity contribution is 7.47. The molecule has 1 fully saturated rings. The Morgan fingerprint density at radius 1 is 0.700 bits per heavy atom. The number of rotatable bonds is 28. The third-order valence-electron chi connectivity index (χ3n) is 8.31. The first-order valence-corrected chi connectivity index (χ1v) is 19.2. The minimum Gasteiger partial charge on any atom is -0.478 e. The van der Waals surface area contributed by atoms with E-state index < -0.39 is 87.8 Å². The summed E-state index contributed by atoms with van der Waals surface area (Å²) in [5.41, 5.74) is 0. The minimum absolute atomic E-state index is 0.0201. The summed E-state index contributed by atoms with van der Waals surface area (Å²) in [5.74, 6) is -2.70. The molecule has 17 heteroatoms. The smallest absolute Gasteiger partial charge is 0.472 e. The van der Waals surface area contributed by atoms with Crippen LogP contribution in [0.1, 0.15) is 116 Å².